The number of halogens is 2. The fraction of sp³-hybridized carbons (Fsp3) is 0.259. The first-order chi connectivity index (χ1) is 18.4. The Morgan fingerprint density at radius 1 is 1.03 bits per heavy atom. The number of carbonyl (C=O) groups excluding carboxylic acids is 1. The van der Waals surface area contributed by atoms with Crippen molar-refractivity contribution >= 4 is 46.1 Å². The zero-order chi connectivity index (χ0) is 27.1. The number of amides is 1. The van der Waals surface area contributed by atoms with E-state index in [4.69, 9.17) is 32.7 Å². The second kappa shape index (κ2) is 12.6. The fourth-order valence-electron chi connectivity index (χ4n) is 3.76. The van der Waals surface area contributed by atoms with Crippen LogP contribution < -0.4 is 25.7 Å². The van der Waals surface area contributed by atoms with Gasteiger partial charge in [-0.1, -0.05) is 23.2 Å². The van der Waals surface area contributed by atoms with Crippen LogP contribution in [-0.4, -0.2) is 47.2 Å². The lowest BCUT2D eigenvalue weighted by Crippen LogP contribution is -2.31. The van der Waals surface area contributed by atoms with E-state index in [9.17, 15) is 9.59 Å². The van der Waals surface area contributed by atoms with Gasteiger partial charge in [-0.25, -0.2) is 9.97 Å². The number of nitrogens with zero attached hydrogens (tertiary/aromatic N) is 3. The Morgan fingerprint density at radius 3 is 2.55 bits per heavy atom. The number of hydrogen-bond acceptors (Lipinski definition) is 7. The van der Waals surface area contributed by atoms with Gasteiger partial charge in [0.1, 0.15) is 28.5 Å². The first-order valence-electron chi connectivity index (χ1n) is 12.0. The molecule has 2 aromatic carbocycles. The van der Waals surface area contributed by atoms with Crippen LogP contribution in [0.4, 0.5) is 5.82 Å². The molecule has 0 saturated carbocycles. The van der Waals surface area contributed by atoms with Crippen LogP contribution in [-0.2, 0) is 11.3 Å². The van der Waals surface area contributed by atoms with Crippen molar-refractivity contribution in [3.05, 3.63) is 75.0 Å². The summed E-state index contributed by atoms with van der Waals surface area (Å²) in [5, 5.41) is 7.04. The maximum Gasteiger partial charge on any atom is 0.278 e. The number of carbonyl (C=O) groups is 1. The molecule has 2 N–H and O–H groups in total. The van der Waals surface area contributed by atoms with E-state index in [0.717, 1.165) is 0 Å². The summed E-state index contributed by atoms with van der Waals surface area (Å²) < 4.78 is 12.5. The monoisotopic (exact) mass is 555 g/mol. The molecule has 9 nitrogen and oxygen atoms in total. The molecule has 0 spiro atoms. The molecule has 38 heavy (non-hydrogen) atoms. The van der Waals surface area contributed by atoms with E-state index < -0.39 is 0 Å². The van der Waals surface area contributed by atoms with Crippen LogP contribution in [0.15, 0.2) is 59.4 Å². The molecule has 2 aromatic heterocycles. The van der Waals surface area contributed by atoms with Gasteiger partial charge in [-0.2, -0.15) is 0 Å². The first kappa shape index (κ1) is 27.2. The number of methoxy groups -OCH3 is 1. The minimum absolute atomic E-state index is 0.177. The first-order valence-corrected chi connectivity index (χ1v) is 12.7. The fourth-order valence-corrected chi connectivity index (χ4v) is 4.10. The minimum Gasteiger partial charge on any atom is -0.497 e. The smallest absolute Gasteiger partial charge is 0.278 e. The predicted molar refractivity (Wildman–Crippen MR) is 150 cm³/mol. The third kappa shape index (κ3) is 6.73. The van der Waals surface area contributed by atoms with Crippen LogP contribution in [0, 0.1) is 0 Å². The van der Waals surface area contributed by atoms with Gasteiger partial charge in [0.2, 0.25) is 5.91 Å². The van der Waals surface area contributed by atoms with Crippen molar-refractivity contribution in [3.63, 3.8) is 0 Å². The van der Waals surface area contributed by atoms with Gasteiger partial charge in [-0.05, 0) is 55.0 Å². The third-order valence-electron chi connectivity index (χ3n) is 5.64. The van der Waals surface area contributed by atoms with Crippen molar-refractivity contribution in [1.29, 1.82) is 0 Å². The molecule has 0 aliphatic heterocycles. The minimum atomic E-state index is -0.301. The number of hydrogen-bond donors (Lipinski definition) is 2. The summed E-state index contributed by atoms with van der Waals surface area (Å²) in [5.41, 5.74) is 1.63. The Bertz CT molecular complexity index is 1490. The van der Waals surface area contributed by atoms with E-state index in [0.29, 0.717) is 69.4 Å². The molecule has 2 heterocycles. The van der Waals surface area contributed by atoms with Gasteiger partial charge in [-0.3, -0.25) is 14.2 Å². The molecule has 198 valence electrons. The van der Waals surface area contributed by atoms with Crippen LogP contribution in [0.25, 0.3) is 22.4 Å². The number of fused-ring (bicyclic) bond motifs is 1. The number of pyridine rings is 1. The summed E-state index contributed by atoms with van der Waals surface area (Å²) >= 11 is 12.1. The van der Waals surface area contributed by atoms with Gasteiger partial charge in [0.15, 0.2) is 5.65 Å². The summed E-state index contributed by atoms with van der Waals surface area (Å²) in [5.74, 6) is 1.62. The van der Waals surface area contributed by atoms with Crippen LogP contribution >= 0.6 is 23.2 Å². The summed E-state index contributed by atoms with van der Waals surface area (Å²) in [4.78, 5) is 34.1. The lowest BCUT2D eigenvalue weighted by atomic mass is 10.1. The van der Waals surface area contributed by atoms with Crippen molar-refractivity contribution in [3.8, 4) is 22.8 Å². The average molecular weight is 556 g/mol. The Labute approximate surface area is 229 Å². The van der Waals surface area contributed by atoms with Gasteiger partial charge in [0.05, 0.1) is 18.7 Å². The van der Waals surface area contributed by atoms with E-state index in [1.165, 1.54) is 11.5 Å². The van der Waals surface area contributed by atoms with E-state index in [2.05, 4.69) is 20.6 Å². The number of aromatic nitrogens is 3. The highest BCUT2D eigenvalue weighted by Gasteiger charge is 2.15. The molecular weight excluding hydrogens is 529 g/mol. The topological polar surface area (TPSA) is 107 Å². The van der Waals surface area contributed by atoms with E-state index in [1.807, 2.05) is 12.1 Å². The Hall–Kier alpha value is -3.82. The number of nitrogens with one attached hydrogen (secondary N) is 2. The molecule has 4 rings (SSSR count). The predicted octanol–water partition coefficient (Wildman–Crippen LogP) is 4.79. The van der Waals surface area contributed by atoms with Gasteiger partial charge in [0, 0.05) is 43.2 Å². The number of rotatable bonds is 11. The molecule has 0 atom stereocenters. The van der Waals surface area contributed by atoms with Crippen molar-refractivity contribution < 1.29 is 14.3 Å². The molecular formula is C27H27Cl2N5O4. The molecule has 1 amide bonds. The van der Waals surface area contributed by atoms with Gasteiger partial charge in [-0.15, -0.1) is 0 Å². The SMILES string of the molecule is COc1ccc(-c2nc3ccc(NCCCOc4cc(Cl)ccc4Cl)nc3n(CCNC(C)=O)c2=O)cc1. The molecule has 0 bridgehead atoms. The van der Waals surface area contributed by atoms with Gasteiger partial charge >= 0.3 is 0 Å². The summed E-state index contributed by atoms with van der Waals surface area (Å²) in [6.45, 7) is 2.95. The highest BCUT2D eigenvalue weighted by Crippen LogP contribution is 2.27. The molecule has 0 unspecified atom stereocenters. The molecule has 0 radical (unpaired) electrons. The third-order valence-corrected chi connectivity index (χ3v) is 6.19. The maximum atomic E-state index is 13.5. The summed E-state index contributed by atoms with van der Waals surface area (Å²) in [6, 6.07) is 15.8. The van der Waals surface area contributed by atoms with E-state index in [1.54, 1.807) is 49.6 Å². The Morgan fingerprint density at radius 2 is 1.82 bits per heavy atom. The van der Waals surface area contributed by atoms with Crippen molar-refractivity contribution in [2.45, 2.75) is 19.9 Å². The van der Waals surface area contributed by atoms with E-state index >= 15 is 0 Å². The Balaban J connectivity index is 1.53. The highest BCUT2D eigenvalue weighted by molar-refractivity contribution is 6.34. The van der Waals surface area contributed by atoms with Crippen LogP contribution in [0.5, 0.6) is 11.5 Å². The van der Waals surface area contributed by atoms with Crippen LogP contribution in [0.2, 0.25) is 10.0 Å². The largest absolute Gasteiger partial charge is 0.497 e. The Kier molecular flexibility index (Phi) is 9.04. The van der Waals surface area contributed by atoms with Crippen LogP contribution in [0.1, 0.15) is 13.3 Å². The molecule has 0 aliphatic rings. The van der Waals surface area contributed by atoms with Crippen LogP contribution in [0.3, 0.4) is 0 Å². The average Bonchev–Trinajstić information content (AvgIpc) is 2.91. The van der Waals surface area contributed by atoms with E-state index in [-0.39, 0.29) is 24.6 Å². The number of ether oxygens (including phenoxy) is 2. The molecule has 4 aromatic rings. The second-order valence-corrected chi connectivity index (χ2v) is 9.22. The molecule has 0 aliphatic carbocycles. The lowest BCUT2D eigenvalue weighted by Gasteiger charge is -2.14. The highest BCUT2D eigenvalue weighted by atomic mass is 35.5. The quantitative estimate of drug-likeness (QED) is 0.256. The van der Waals surface area contributed by atoms with Crippen molar-refractivity contribution in [2.75, 3.05) is 32.1 Å². The van der Waals surface area contributed by atoms with Gasteiger partial charge < -0.3 is 20.1 Å². The molecule has 0 saturated heterocycles. The second-order valence-electron chi connectivity index (χ2n) is 8.37. The van der Waals surface area contributed by atoms with Gasteiger partial charge in [0.25, 0.3) is 5.56 Å². The lowest BCUT2D eigenvalue weighted by molar-refractivity contribution is -0.118. The van der Waals surface area contributed by atoms with Crippen molar-refractivity contribution in [2.24, 2.45) is 0 Å². The molecule has 11 heteroatoms. The zero-order valence-electron chi connectivity index (χ0n) is 21.0. The standard InChI is InChI=1S/C27H27Cl2N5O4/c1-17(35)30-13-14-34-26-22(32-25(27(34)36)18-4-7-20(37-2)8-5-18)10-11-24(33-26)31-12-3-15-38-23-16-19(28)6-9-21(23)29/h4-11,16H,3,12-15H2,1-2H3,(H,30,35)(H,31,33). The normalized spacial score (nSPS) is 10.8. The summed E-state index contributed by atoms with van der Waals surface area (Å²) in [7, 11) is 1.58. The molecule has 0 fully saturated rings. The summed E-state index contributed by atoms with van der Waals surface area (Å²) in [6.07, 6.45) is 0.673. The number of anilines is 1. The zero-order valence-corrected chi connectivity index (χ0v) is 22.5. The van der Waals surface area contributed by atoms with Crippen molar-refractivity contribution in [1.82, 2.24) is 19.9 Å². The number of benzene rings is 2. The maximum absolute atomic E-state index is 13.5.